The summed E-state index contributed by atoms with van der Waals surface area (Å²) < 4.78 is 11.2. The Kier molecular flexibility index (Phi) is 7.12. The smallest absolute Gasteiger partial charge is 0.234 e. The second-order valence-electron chi connectivity index (χ2n) is 7.32. The molecule has 2 rings (SSSR count). The minimum atomic E-state index is -0.0711. The average molecular weight is 348 g/mol. The minimum absolute atomic E-state index is 0.0711. The van der Waals surface area contributed by atoms with Crippen molar-refractivity contribution in [2.75, 3.05) is 26.7 Å². The van der Waals surface area contributed by atoms with Crippen LogP contribution in [0.1, 0.15) is 52.1 Å². The average Bonchev–Trinajstić information content (AvgIpc) is 2.56. The number of benzene rings is 1. The maximum Gasteiger partial charge on any atom is 0.234 e. The number of likely N-dealkylation sites (tertiary alicyclic amines) is 1. The molecule has 0 spiro atoms. The molecule has 1 saturated heterocycles. The van der Waals surface area contributed by atoms with Crippen molar-refractivity contribution < 1.29 is 14.3 Å². The van der Waals surface area contributed by atoms with Gasteiger partial charge in [-0.25, -0.2) is 0 Å². The number of nitrogens with one attached hydrogen (secondary N) is 1. The summed E-state index contributed by atoms with van der Waals surface area (Å²) in [6.07, 6.45) is 2.44. The quantitative estimate of drug-likeness (QED) is 0.821. The zero-order chi connectivity index (χ0) is 18.4. The van der Waals surface area contributed by atoms with E-state index in [0.29, 0.717) is 12.3 Å². The van der Waals surface area contributed by atoms with Crippen molar-refractivity contribution in [1.29, 1.82) is 0 Å². The maximum absolute atomic E-state index is 12.3. The molecule has 25 heavy (non-hydrogen) atoms. The first-order valence-electron chi connectivity index (χ1n) is 9.25. The summed E-state index contributed by atoms with van der Waals surface area (Å²) >= 11 is 0. The summed E-state index contributed by atoms with van der Waals surface area (Å²) in [5, 5.41) is 3.09. The van der Waals surface area contributed by atoms with Crippen LogP contribution in [-0.4, -0.2) is 43.7 Å². The fraction of sp³-hybridized carbons (Fsp3) is 0.650. The van der Waals surface area contributed by atoms with E-state index in [-0.39, 0.29) is 18.1 Å². The fourth-order valence-corrected chi connectivity index (χ4v) is 3.10. The summed E-state index contributed by atoms with van der Waals surface area (Å²) in [4.78, 5) is 14.6. The molecule has 1 aromatic rings. The van der Waals surface area contributed by atoms with E-state index in [2.05, 4.69) is 17.1 Å². The van der Waals surface area contributed by atoms with Crippen LogP contribution in [0.15, 0.2) is 18.2 Å². The number of amides is 1. The molecule has 1 aliphatic heterocycles. The lowest BCUT2D eigenvalue weighted by molar-refractivity contribution is -0.123. The number of hydrogen-bond donors (Lipinski definition) is 1. The zero-order valence-electron chi connectivity index (χ0n) is 16.2. The van der Waals surface area contributed by atoms with Crippen LogP contribution >= 0.6 is 0 Å². The van der Waals surface area contributed by atoms with Crippen LogP contribution in [0, 0.1) is 5.92 Å². The summed E-state index contributed by atoms with van der Waals surface area (Å²) in [5.74, 6) is 2.26. The molecule has 0 radical (unpaired) electrons. The molecule has 1 aromatic carbocycles. The van der Waals surface area contributed by atoms with Gasteiger partial charge in [0.25, 0.3) is 0 Å². The first kappa shape index (κ1) is 19.6. The van der Waals surface area contributed by atoms with Crippen molar-refractivity contribution in [1.82, 2.24) is 10.2 Å². The maximum atomic E-state index is 12.3. The highest BCUT2D eigenvalue weighted by molar-refractivity contribution is 5.78. The van der Waals surface area contributed by atoms with Gasteiger partial charge in [-0.2, -0.15) is 0 Å². The number of carbonyl (C=O) groups is 1. The third-order valence-electron chi connectivity index (χ3n) is 4.67. The molecule has 1 atom stereocenters. The summed E-state index contributed by atoms with van der Waals surface area (Å²) in [5.41, 5.74) is 1.01. The van der Waals surface area contributed by atoms with E-state index in [9.17, 15) is 4.79 Å². The van der Waals surface area contributed by atoms with Crippen LogP contribution in [0.2, 0.25) is 0 Å². The normalized spacial score (nSPS) is 17.4. The Morgan fingerprint density at radius 1 is 1.24 bits per heavy atom. The number of hydrogen-bond acceptors (Lipinski definition) is 4. The molecular formula is C20H32N2O3. The highest BCUT2D eigenvalue weighted by Gasteiger charge is 2.19. The molecule has 0 aromatic heterocycles. The van der Waals surface area contributed by atoms with Crippen molar-refractivity contribution in [3.8, 4) is 11.5 Å². The molecule has 1 fully saturated rings. The zero-order valence-corrected chi connectivity index (χ0v) is 16.2. The monoisotopic (exact) mass is 348 g/mol. The van der Waals surface area contributed by atoms with Crippen LogP contribution in [0.3, 0.4) is 0 Å². The van der Waals surface area contributed by atoms with Gasteiger partial charge in [0.2, 0.25) is 5.91 Å². The Labute approximate surface area is 151 Å². The molecule has 1 N–H and O–H groups in total. The van der Waals surface area contributed by atoms with Crippen molar-refractivity contribution in [2.24, 2.45) is 5.92 Å². The first-order valence-corrected chi connectivity index (χ1v) is 9.25. The molecule has 0 bridgehead atoms. The fourth-order valence-electron chi connectivity index (χ4n) is 3.10. The summed E-state index contributed by atoms with van der Waals surface area (Å²) in [6, 6.07) is 5.75. The van der Waals surface area contributed by atoms with Gasteiger partial charge in [-0.15, -0.1) is 0 Å². The molecule has 5 nitrogen and oxygen atoms in total. The Balaban J connectivity index is 1.93. The predicted molar refractivity (Wildman–Crippen MR) is 100 cm³/mol. The van der Waals surface area contributed by atoms with E-state index in [1.807, 2.05) is 39.0 Å². The van der Waals surface area contributed by atoms with E-state index in [0.717, 1.165) is 30.3 Å². The number of ether oxygens (including phenoxy) is 2. The highest BCUT2D eigenvalue weighted by Crippen LogP contribution is 2.31. The largest absolute Gasteiger partial charge is 0.493 e. The van der Waals surface area contributed by atoms with Crippen molar-refractivity contribution in [3.05, 3.63) is 23.8 Å². The van der Waals surface area contributed by atoms with E-state index >= 15 is 0 Å². The van der Waals surface area contributed by atoms with Crippen molar-refractivity contribution in [3.63, 3.8) is 0 Å². The number of nitrogens with zero attached hydrogens (tertiary/aromatic N) is 1. The molecule has 1 unspecified atom stereocenters. The Morgan fingerprint density at radius 2 is 1.92 bits per heavy atom. The molecule has 1 amide bonds. The number of rotatable bonds is 7. The second-order valence-corrected chi connectivity index (χ2v) is 7.32. The van der Waals surface area contributed by atoms with Gasteiger partial charge in [0.1, 0.15) is 0 Å². The molecular weight excluding hydrogens is 316 g/mol. The predicted octanol–water partition coefficient (Wildman–Crippen LogP) is 3.39. The van der Waals surface area contributed by atoms with Crippen molar-refractivity contribution in [2.45, 2.75) is 52.7 Å². The molecule has 1 heterocycles. The van der Waals surface area contributed by atoms with Gasteiger partial charge in [0.05, 0.1) is 25.8 Å². The third kappa shape index (κ3) is 5.92. The third-order valence-corrected chi connectivity index (χ3v) is 4.67. The van der Waals surface area contributed by atoms with E-state index in [4.69, 9.17) is 9.47 Å². The topological polar surface area (TPSA) is 50.8 Å². The van der Waals surface area contributed by atoms with E-state index < -0.39 is 0 Å². The van der Waals surface area contributed by atoms with Gasteiger partial charge >= 0.3 is 0 Å². The molecule has 0 aliphatic carbocycles. The first-order chi connectivity index (χ1) is 11.9. The Hall–Kier alpha value is -1.75. The second kappa shape index (κ2) is 9.09. The summed E-state index contributed by atoms with van der Waals surface area (Å²) in [7, 11) is 1.63. The highest BCUT2D eigenvalue weighted by atomic mass is 16.5. The van der Waals surface area contributed by atoms with Gasteiger partial charge in [0, 0.05) is 0 Å². The lowest BCUT2D eigenvalue weighted by atomic mass is 9.99. The number of methoxy groups -OCH3 is 1. The van der Waals surface area contributed by atoms with Gasteiger partial charge in [0.15, 0.2) is 11.5 Å². The lowest BCUT2D eigenvalue weighted by Gasteiger charge is -2.30. The molecule has 5 heteroatoms. The van der Waals surface area contributed by atoms with Crippen LogP contribution < -0.4 is 14.8 Å². The minimum Gasteiger partial charge on any atom is -0.493 e. The lowest BCUT2D eigenvalue weighted by Crippen LogP contribution is -2.41. The summed E-state index contributed by atoms with van der Waals surface area (Å²) in [6.45, 7) is 10.7. The standard InChI is InChI=1S/C20H32N2O3/c1-14(2)25-18-7-6-17(12-19(18)24-5)16(4)21-20(23)13-22-10-8-15(3)9-11-22/h6-7,12,14-16H,8-11,13H2,1-5H3,(H,21,23). The van der Waals surface area contributed by atoms with Gasteiger partial charge in [-0.05, 0) is 70.3 Å². The van der Waals surface area contributed by atoms with Crippen molar-refractivity contribution >= 4 is 5.91 Å². The van der Waals surface area contributed by atoms with E-state index in [1.54, 1.807) is 7.11 Å². The van der Waals surface area contributed by atoms with Crippen LogP contribution in [0.25, 0.3) is 0 Å². The van der Waals surface area contributed by atoms with Gasteiger partial charge in [-0.1, -0.05) is 13.0 Å². The number of carbonyl (C=O) groups excluding carboxylic acids is 1. The molecule has 0 saturated carbocycles. The molecule has 1 aliphatic rings. The Bertz CT molecular complexity index is 566. The van der Waals surface area contributed by atoms with Crippen LogP contribution in [0.5, 0.6) is 11.5 Å². The van der Waals surface area contributed by atoms with E-state index in [1.165, 1.54) is 12.8 Å². The SMILES string of the molecule is COc1cc(C(C)NC(=O)CN2CCC(C)CC2)ccc1OC(C)C. The van der Waals surface area contributed by atoms with Crippen LogP contribution in [0.4, 0.5) is 0 Å². The van der Waals surface area contributed by atoms with Crippen LogP contribution in [-0.2, 0) is 4.79 Å². The number of piperidine rings is 1. The van der Waals surface area contributed by atoms with Gasteiger partial charge in [-0.3, -0.25) is 9.69 Å². The van der Waals surface area contributed by atoms with Gasteiger partial charge < -0.3 is 14.8 Å². The molecule has 140 valence electrons. The Morgan fingerprint density at radius 3 is 2.52 bits per heavy atom.